The molecule has 1 saturated heterocycles. The lowest BCUT2D eigenvalue weighted by molar-refractivity contribution is -0.0661. The highest BCUT2D eigenvalue weighted by Gasteiger charge is 2.40. The van der Waals surface area contributed by atoms with Gasteiger partial charge in [0.1, 0.15) is 17.6 Å². The van der Waals surface area contributed by atoms with E-state index in [2.05, 4.69) is 0 Å². The average molecular weight is 239 g/mol. The lowest BCUT2D eigenvalue weighted by Crippen LogP contribution is -2.41. The van der Waals surface area contributed by atoms with Crippen LogP contribution in [0.15, 0.2) is 16.5 Å². The van der Waals surface area contributed by atoms with Gasteiger partial charge in [-0.1, -0.05) is 6.92 Å². The molecule has 0 aliphatic carbocycles. The molecule has 1 aliphatic heterocycles. The van der Waals surface area contributed by atoms with Crippen LogP contribution < -0.4 is 5.73 Å². The van der Waals surface area contributed by atoms with Crippen LogP contribution in [-0.2, 0) is 11.2 Å². The number of nitrogens with two attached hydrogens (primary N) is 1. The summed E-state index contributed by atoms with van der Waals surface area (Å²) in [5, 5.41) is 10.5. The van der Waals surface area contributed by atoms with Gasteiger partial charge in [0.25, 0.3) is 0 Å². The van der Waals surface area contributed by atoms with Crippen LogP contribution in [0.3, 0.4) is 0 Å². The smallest absolute Gasteiger partial charge is 0.133 e. The van der Waals surface area contributed by atoms with E-state index in [9.17, 15) is 5.11 Å². The largest absolute Gasteiger partial charge is 0.463 e. The molecule has 4 heteroatoms. The second-order valence-electron chi connectivity index (χ2n) is 4.74. The van der Waals surface area contributed by atoms with Crippen molar-refractivity contribution < 1.29 is 14.3 Å². The van der Waals surface area contributed by atoms with Crippen molar-refractivity contribution in [1.29, 1.82) is 0 Å². The van der Waals surface area contributed by atoms with Crippen molar-refractivity contribution in [2.45, 2.75) is 32.3 Å². The van der Waals surface area contributed by atoms with Crippen LogP contribution in [0.4, 0.5) is 0 Å². The Morgan fingerprint density at radius 3 is 2.65 bits per heavy atom. The molecule has 2 rings (SSSR count). The van der Waals surface area contributed by atoms with E-state index < -0.39 is 6.10 Å². The maximum atomic E-state index is 10.5. The number of rotatable bonds is 4. The van der Waals surface area contributed by atoms with Crippen LogP contribution in [0.2, 0.25) is 0 Å². The fraction of sp³-hybridized carbons (Fsp3) is 0.692. The SMILES string of the molecule is CCc1ccc(C(O)C2(CN)CCOCC2)o1. The third-order valence-corrected chi connectivity index (χ3v) is 3.78. The highest BCUT2D eigenvalue weighted by Crippen LogP contribution is 2.42. The summed E-state index contributed by atoms with van der Waals surface area (Å²) in [5.74, 6) is 1.53. The van der Waals surface area contributed by atoms with Crippen molar-refractivity contribution in [2.24, 2.45) is 11.1 Å². The molecule has 1 unspecified atom stereocenters. The minimum absolute atomic E-state index is 0.291. The highest BCUT2D eigenvalue weighted by atomic mass is 16.5. The van der Waals surface area contributed by atoms with Gasteiger partial charge in [-0.2, -0.15) is 0 Å². The van der Waals surface area contributed by atoms with Crippen molar-refractivity contribution in [2.75, 3.05) is 19.8 Å². The van der Waals surface area contributed by atoms with Crippen molar-refractivity contribution >= 4 is 0 Å². The average Bonchev–Trinajstić information content (AvgIpc) is 2.87. The van der Waals surface area contributed by atoms with Crippen molar-refractivity contribution in [3.05, 3.63) is 23.7 Å². The number of aliphatic hydroxyl groups excluding tert-OH is 1. The molecular weight excluding hydrogens is 218 g/mol. The van der Waals surface area contributed by atoms with Gasteiger partial charge in [0.15, 0.2) is 0 Å². The molecule has 1 aliphatic rings. The lowest BCUT2D eigenvalue weighted by Gasteiger charge is -2.39. The molecule has 1 atom stereocenters. The Labute approximate surface area is 102 Å². The normalized spacial score (nSPS) is 21.4. The standard InChI is InChI=1S/C13H21NO3/c1-2-10-3-4-11(17-10)12(15)13(9-14)5-7-16-8-6-13/h3-4,12,15H,2,5-9,14H2,1H3. The molecule has 4 nitrogen and oxygen atoms in total. The first kappa shape index (κ1) is 12.6. The van der Waals surface area contributed by atoms with Crippen LogP contribution in [0.1, 0.15) is 37.4 Å². The Morgan fingerprint density at radius 1 is 1.41 bits per heavy atom. The van der Waals surface area contributed by atoms with E-state index in [1.807, 2.05) is 19.1 Å². The highest BCUT2D eigenvalue weighted by molar-refractivity contribution is 5.12. The zero-order chi connectivity index (χ0) is 12.3. The van der Waals surface area contributed by atoms with Crippen molar-refractivity contribution in [3.8, 4) is 0 Å². The van der Waals surface area contributed by atoms with Crippen LogP contribution in [0.5, 0.6) is 0 Å². The Bertz CT molecular complexity index is 355. The molecule has 17 heavy (non-hydrogen) atoms. The van der Waals surface area contributed by atoms with E-state index >= 15 is 0 Å². The first-order chi connectivity index (χ1) is 8.22. The van der Waals surface area contributed by atoms with Gasteiger partial charge < -0.3 is 20.0 Å². The molecular formula is C13H21NO3. The lowest BCUT2D eigenvalue weighted by atomic mass is 9.74. The molecule has 2 heterocycles. The predicted octanol–water partition coefficient (Wildman–Crippen LogP) is 1.63. The summed E-state index contributed by atoms with van der Waals surface area (Å²) in [6, 6.07) is 3.78. The third-order valence-electron chi connectivity index (χ3n) is 3.78. The van der Waals surface area contributed by atoms with Gasteiger partial charge in [0, 0.05) is 31.6 Å². The monoisotopic (exact) mass is 239 g/mol. The van der Waals surface area contributed by atoms with E-state index in [4.69, 9.17) is 14.9 Å². The summed E-state index contributed by atoms with van der Waals surface area (Å²) in [5.41, 5.74) is 5.57. The zero-order valence-corrected chi connectivity index (χ0v) is 10.3. The van der Waals surface area contributed by atoms with Gasteiger partial charge in [0.05, 0.1) is 0 Å². The predicted molar refractivity (Wildman–Crippen MR) is 64.6 cm³/mol. The molecule has 0 saturated carbocycles. The van der Waals surface area contributed by atoms with E-state index in [0.29, 0.717) is 25.5 Å². The molecule has 0 amide bonds. The van der Waals surface area contributed by atoms with E-state index in [1.54, 1.807) is 0 Å². The summed E-state index contributed by atoms with van der Waals surface area (Å²) >= 11 is 0. The number of furan rings is 1. The van der Waals surface area contributed by atoms with Crippen LogP contribution >= 0.6 is 0 Å². The van der Waals surface area contributed by atoms with Gasteiger partial charge in [-0.25, -0.2) is 0 Å². The molecule has 1 fully saturated rings. The molecule has 3 N–H and O–H groups in total. The second-order valence-corrected chi connectivity index (χ2v) is 4.74. The Kier molecular flexibility index (Phi) is 3.86. The van der Waals surface area contributed by atoms with E-state index in [1.165, 1.54) is 0 Å². The van der Waals surface area contributed by atoms with Crippen molar-refractivity contribution in [1.82, 2.24) is 0 Å². The van der Waals surface area contributed by atoms with E-state index in [-0.39, 0.29) is 5.41 Å². The Hall–Kier alpha value is -0.840. The fourth-order valence-electron chi connectivity index (χ4n) is 2.40. The van der Waals surface area contributed by atoms with Crippen LogP contribution in [0, 0.1) is 5.41 Å². The summed E-state index contributed by atoms with van der Waals surface area (Å²) in [4.78, 5) is 0. The van der Waals surface area contributed by atoms with Gasteiger partial charge in [-0.15, -0.1) is 0 Å². The first-order valence-corrected chi connectivity index (χ1v) is 6.26. The summed E-state index contributed by atoms with van der Waals surface area (Å²) in [6.45, 7) is 3.81. The number of ether oxygens (including phenoxy) is 1. The van der Waals surface area contributed by atoms with Gasteiger partial charge in [-0.3, -0.25) is 0 Å². The minimum atomic E-state index is -0.628. The molecule has 0 aromatic carbocycles. The number of hydrogen-bond donors (Lipinski definition) is 2. The number of aliphatic hydroxyl groups is 1. The van der Waals surface area contributed by atoms with E-state index in [0.717, 1.165) is 25.0 Å². The minimum Gasteiger partial charge on any atom is -0.463 e. The summed E-state index contributed by atoms with van der Waals surface area (Å²) in [7, 11) is 0. The van der Waals surface area contributed by atoms with Crippen LogP contribution in [0.25, 0.3) is 0 Å². The maximum Gasteiger partial charge on any atom is 0.133 e. The van der Waals surface area contributed by atoms with Crippen molar-refractivity contribution in [3.63, 3.8) is 0 Å². The molecule has 1 aromatic rings. The Balaban J connectivity index is 2.18. The van der Waals surface area contributed by atoms with Gasteiger partial charge in [-0.05, 0) is 25.0 Å². The van der Waals surface area contributed by atoms with Gasteiger partial charge in [0.2, 0.25) is 0 Å². The molecule has 1 aromatic heterocycles. The molecule has 0 spiro atoms. The summed E-state index contributed by atoms with van der Waals surface area (Å²) < 4.78 is 11.0. The topological polar surface area (TPSA) is 68.6 Å². The Morgan fingerprint density at radius 2 is 2.12 bits per heavy atom. The molecule has 96 valence electrons. The maximum absolute atomic E-state index is 10.5. The van der Waals surface area contributed by atoms with Gasteiger partial charge >= 0.3 is 0 Å². The third kappa shape index (κ3) is 2.39. The second kappa shape index (κ2) is 5.21. The number of aryl methyl sites for hydroxylation is 1. The van der Waals surface area contributed by atoms with Crippen LogP contribution in [-0.4, -0.2) is 24.9 Å². The first-order valence-electron chi connectivity index (χ1n) is 6.26. The fourth-order valence-corrected chi connectivity index (χ4v) is 2.40. The zero-order valence-electron chi connectivity index (χ0n) is 10.3. The molecule has 0 radical (unpaired) electrons. The quantitative estimate of drug-likeness (QED) is 0.838. The number of hydrogen-bond acceptors (Lipinski definition) is 4. The molecule has 0 bridgehead atoms. The summed E-state index contributed by atoms with van der Waals surface area (Å²) in [6.07, 6.45) is 1.78.